The first-order chi connectivity index (χ1) is 9.31. The molecule has 2 N–H and O–H groups in total. The van der Waals surface area contributed by atoms with Gasteiger partial charge in [0.05, 0.1) is 12.5 Å². The fraction of sp³-hybridized carbons (Fsp3) is 0.700. The molecule has 2 rings (SSSR count). The van der Waals surface area contributed by atoms with Crippen molar-refractivity contribution in [3.05, 3.63) is 12.3 Å². The van der Waals surface area contributed by atoms with Crippen LogP contribution in [-0.2, 0) is 20.0 Å². The maximum Gasteiger partial charge on any atom is 0.260 e. The van der Waals surface area contributed by atoms with Crippen LogP contribution in [0.3, 0.4) is 0 Å². The lowest BCUT2D eigenvalue weighted by atomic mass is 10.1. The summed E-state index contributed by atoms with van der Waals surface area (Å²) >= 11 is 0. The van der Waals surface area contributed by atoms with Crippen molar-refractivity contribution in [3.8, 4) is 0 Å². The van der Waals surface area contributed by atoms with Crippen LogP contribution in [0.25, 0.3) is 0 Å². The predicted molar refractivity (Wildman–Crippen MR) is 73.0 cm³/mol. The third kappa shape index (κ3) is 3.57. The summed E-state index contributed by atoms with van der Waals surface area (Å²) in [5.41, 5.74) is 0. The molecule has 10 heteroatoms. The number of hydrogen-bond acceptors (Lipinski definition) is 5. The maximum atomic E-state index is 12.5. The molecule has 0 aliphatic carbocycles. The van der Waals surface area contributed by atoms with E-state index in [9.17, 15) is 16.8 Å². The smallest absolute Gasteiger partial charge is 0.260 e. The van der Waals surface area contributed by atoms with Crippen LogP contribution in [0.15, 0.2) is 17.3 Å². The second-order valence-corrected chi connectivity index (χ2v) is 8.50. The van der Waals surface area contributed by atoms with Crippen LogP contribution in [0.5, 0.6) is 0 Å². The molecule has 1 fully saturated rings. The van der Waals surface area contributed by atoms with Crippen LogP contribution in [0.1, 0.15) is 19.3 Å². The fourth-order valence-electron chi connectivity index (χ4n) is 2.26. The van der Waals surface area contributed by atoms with Crippen LogP contribution in [0.2, 0.25) is 0 Å². The minimum absolute atomic E-state index is 0.0313. The van der Waals surface area contributed by atoms with E-state index in [1.54, 1.807) is 0 Å². The van der Waals surface area contributed by atoms with Crippen LogP contribution in [0, 0.1) is 0 Å². The minimum atomic E-state index is -3.66. The van der Waals surface area contributed by atoms with E-state index >= 15 is 0 Å². The molecule has 1 atom stereocenters. The minimum Gasteiger partial charge on any atom is -0.266 e. The summed E-state index contributed by atoms with van der Waals surface area (Å²) in [7, 11) is -6.99. The van der Waals surface area contributed by atoms with Gasteiger partial charge in [0.25, 0.3) is 10.0 Å². The van der Waals surface area contributed by atoms with E-state index < -0.39 is 20.0 Å². The van der Waals surface area contributed by atoms with E-state index in [4.69, 9.17) is 0 Å². The lowest BCUT2D eigenvalue weighted by Crippen LogP contribution is -2.49. The van der Waals surface area contributed by atoms with E-state index in [2.05, 4.69) is 14.9 Å². The van der Waals surface area contributed by atoms with Crippen molar-refractivity contribution < 1.29 is 16.8 Å². The monoisotopic (exact) mass is 322 g/mol. The van der Waals surface area contributed by atoms with Crippen molar-refractivity contribution in [2.75, 3.05) is 19.3 Å². The molecule has 20 heavy (non-hydrogen) atoms. The Hall–Kier alpha value is -0.970. The van der Waals surface area contributed by atoms with Crippen LogP contribution in [0.4, 0.5) is 0 Å². The van der Waals surface area contributed by atoms with Gasteiger partial charge in [0.1, 0.15) is 0 Å². The quantitative estimate of drug-likeness (QED) is 0.759. The molecule has 1 unspecified atom stereocenters. The second-order valence-electron chi connectivity index (χ2n) is 4.81. The number of aromatic nitrogens is 2. The summed E-state index contributed by atoms with van der Waals surface area (Å²) in [4.78, 5) is 0. The third-order valence-electron chi connectivity index (χ3n) is 3.22. The van der Waals surface area contributed by atoms with Crippen molar-refractivity contribution in [2.24, 2.45) is 0 Å². The zero-order valence-electron chi connectivity index (χ0n) is 11.1. The molecule has 1 saturated heterocycles. The Morgan fingerprint density at radius 3 is 2.75 bits per heavy atom. The molecule has 1 aromatic heterocycles. The van der Waals surface area contributed by atoms with Gasteiger partial charge in [-0.3, -0.25) is 5.10 Å². The standard InChI is InChI=1S/C10H18N4O4S2/c1-19(15,16)12-8-9-4-2-3-7-14(9)20(17,18)10-5-6-11-13-10/h5-6,9,12H,2-4,7-8H2,1H3,(H,11,13). The number of hydrogen-bond donors (Lipinski definition) is 2. The molecule has 0 bridgehead atoms. The Morgan fingerprint density at radius 2 is 2.15 bits per heavy atom. The molecule has 0 amide bonds. The van der Waals surface area contributed by atoms with Gasteiger partial charge in [0.2, 0.25) is 10.0 Å². The van der Waals surface area contributed by atoms with Crippen molar-refractivity contribution in [3.63, 3.8) is 0 Å². The molecule has 1 aliphatic rings. The zero-order chi connectivity index (χ0) is 14.8. The molecule has 1 aliphatic heterocycles. The number of rotatable bonds is 5. The highest BCUT2D eigenvalue weighted by atomic mass is 32.2. The van der Waals surface area contributed by atoms with Gasteiger partial charge in [0.15, 0.2) is 5.03 Å². The summed E-state index contributed by atoms with van der Waals surface area (Å²) in [5, 5.41) is 6.13. The lowest BCUT2D eigenvalue weighted by molar-refractivity contribution is 0.252. The van der Waals surface area contributed by atoms with Gasteiger partial charge in [-0.25, -0.2) is 21.6 Å². The number of sulfonamides is 2. The lowest BCUT2D eigenvalue weighted by Gasteiger charge is -2.34. The van der Waals surface area contributed by atoms with Gasteiger partial charge in [-0.2, -0.15) is 9.40 Å². The summed E-state index contributed by atoms with van der Waals surface area (Å²) in [6, 6.07) is 1.03. The summed E-state index contributed by atoms with van der Waals surface area (Å²) in [6.45, 7) is 0.476. The molecule has 0 radical (unpaired) electrons. The second kappa shape index (κ2) is 5.80. The molecule has 0 saturated carbocycles. The first-order valence-electron chi connectivity index (χ1n) is 6.26. The molecular weight excluding hydrogens is 304 g/mol. The largest absolute Gasteiger partial charge is 0.266 e. The molecule has 2 heterocycles. The Kier molecular flexibility index (Phi) is 4.47. The van der Waals surface area contributed by atoms with E-state index in [1.807, 2.05) is 0 Å². The van der Waals surface area contributed by atoms with Crippen molar-refractivity contribution in [2.45, 2.75) is 30.3 Å². The highest BCUT2D eigenvalue weighted by Gasteiger charge is 2.34. The van der Waals surface area contributed by atoms with Crippen LogP contribution >= 0.6 is 0 Å². The molecule has 114 valence electrons. The molecular formula is C10H18N4O4S2. The number of nitrogens with zero attached hydrogens (tertiary/aromatic N) is 2. The van der Waals surface area contributed by atoms with E-state index in [0.29, 0.717) is 13.0 Å². The first-order valence-corrected chi connectivity index (χ1v) is 9.60. The number of nitrogens with one attached hydrogen (secondary N) is 2. The van der Waals surface area contributed by atoms with Crippen molar-refractivity contribution in [1.82, 2.24) is 19.2 Å². The van der Waals surface area contributed by atoms with Gasteiger partial charge in [0, 0.05) is 19.1 Å². The molecule has 1 aromatic rings. The van der Waals surface area contributed by atoms with E-state index in [1.165, 1.54) is 16.6 Å². The Morgan fingerprint density at radius 1 is 1.40 bits per heavy atom. The normalized spacial score (nSPS) is 21.9. The zero-order valence-corrected chi connectivity index (χ0v) is 12.7. The fourth-order valence-corrected chi connectivity index (χ4v) is 4.35. The average molecular weight is 322 g/mol. The molecule has 0 spiro atoms. The third-order valence-corrected chi connectivity index (χ3v) is 5.79. The summed E-state index contributed by atoms with van der Waals surface area (Å²) in [5.74, 6) is 0. The summed E-state index contributed by atoms with van der Waals surface area (Å²) < 4.78 is 51.0. The Balaban J connectivity index is 2.19. The van der Waals surface area contributed by atoms with Crippen molar-refractivity contribution in [1.29, 1.82) is 0 Å². The Labute approximate surface area is 118 Å². The number of piperidine rings is 1. The SMILES string of the molecule is CS(=O)(=O)NCC1CCCCN1S(=O)(=O)c1ccn[nH]1. The average Bonchev–Trinajstić information content (AvgIpc) is 2.90. The van der Waals surface area contributed by atoms with Gasteiger partial charge < -0.3 is 0 Å². The van der Waals surface area contributed by atoms with Gasteiger partial charge in [-0.05, 0) is 18.9 Å². The molecule has 0 aromatic carbocycles. The first kappa shape index (κ1) is 15.4. The predicted octanol–water partition coefficient (Wildman–Crippen LogP) is -0.498. The topological polar surface area (TPSA) is 112 Å². The van der Waals surface area contributed by atoms with Gasteiger partial charge in [-0.1, -0.05) is 6.42 Å². The van der Waals surface area contributed by atoms with Gasteiger partial charge >= 0.3 is 0 Å². The van der Waals surface area contributed by atoms with Gasteiger partial charge in [-0.15, -0.1) is 0 Å². The van der Waals surface area contributed by atoms with Crippen molar-refractivity contribution >= 4 is 20.0 Å². The number of aromatic amines is 1. The van der Waals surface area contributed by atoms with Crippen LogP contribution in [-0.4, -0.2) is 56.7 Å². The van der Waals surface area contributed by atoms with E-state index in [0.717, 1.165) is 19.1 Å². The van der Waals surface area contributed by atoms with E-state index in [-0.39, 0.29) is 17.6 Å². The highest BCUT2D eigenvalue weighted by molar-refractivity contribution is 7.89. The maximum absolute atomic E-state index is 12.5. The van der Waals surface area contributed by atoms with Crippen LogP contribution < -0.4 is 4.72 Å². The highest BCUT2D eigenvalue weighted by Crippen LogP contribution is 2.23. The summed E-state index contributed by atoms with van der Waals surface area (Å²) in [6.07, 6.45) is 4.72. The molecule has 8 nitrogen and oxygen atoms in total. The number of H-pyrrole nitrogens is 1. The Bertz CT molecular complexity index is 639.